The number of allylic oxidation sites excluding steroid dienone is 1. The van der Waals surface area contributed by atoms with Gasteiger partial charge in [-0.3, -0.25) is 9.48 Å². The van der Waals surface area contributed by atoms with E-state index in [0.717, 1.165) is 23.6 Å². The fourth-order valence-electron chi connectivity index (χ4n) is 3.37. The van der Waals surface area contributed by atoms with Crippen LogP contribution in [0.5, 0.6) is 0 Å². The second kappa shape index (κ2) is 10.5. The van der Waals surface area contributed by atoms with Gasteiger partial charge in [-0.2, -0.15) is 5.10 Å². The highest BCUT2D eigenvalue weighted by atomic mass is 32.2. The van der Waals surface area contributed by atoms with Crippen molar-refractivity contribution < 1.29 is 9.59 Å². The van der Waals surface area contributed by atoms with Crippen LogP contribution < -0.4 is 5.32 Å². The first kappa shape index (κ1) is 22.3. The minimum absolute atomic E-state index is 0.0817. The summed E-state index contributed by atoms with van der Waals surface area (Å²) in [5.74, 6) is -0.118. The van der Waals surface area contributed by atoms with Gasteiger partial charge in [0.05, 0.1) is 21.7 Å². The van der Waals surface area contributed by atoms with Crippen LogP contribution >= 0.6 is 11.8 Å². The lowest BCUT2D eigenvalue weighted by atomic mass is 9.96. The average Bonchev–Trinajstić information content (AvgIpc) is 3.06. The summed E-state index contributed by atoms with van der Waals surface area (Å²) in [7, 11) is 5.15. The zero-order valence-corrected chi connectivity index (χ0v) is 18.5. The molecule has 1 N–H and O–H groups in total. The summed E-state index contributed by atoms with van der Waals surface area (Å²) in [6.45, 7) is 4.74. The van der Waals surface area contributed by atoms with E-state index in [1.165, 1.54) is 35.9 Å². The minimum atomic E-state index is -0.118. The molecule has 0 atom stereocenters. The third-order valence-electron chi connectivity index (χ3n) is 4.89. The molecule has 1 fully saturated rings. The fraction of sp³-hybridized carbons (Fsp3) is 0.650. The number of aryl methyl sites for hydroxylation is 1. The Bertz CT molecular complexity index is 707. The van der Waals surface area contributed by atoms with Gasteiger partial charge in [-0.15, -0.1) is 0 Å². The SMILES string of the molecule is C/C=C(\Sc1cc(C)nn1C1CCCCC1)C(=O)NCCN(C)C(=O)N(C)C. The Balaban J connectivity index is 1.95. The summed E-state index contributed by atoms with van der Waals surface area (Å²) in [6.07, 6.45) is 7.92. The van der Waals surface area contributed by atoms with E-state index in [1.54, 1.807) is 26.0 Å². The molecule has 2 rings (SSSR count). The van der Waals surface area contributed by atoms with Crippen molar-refractivity contribution in [3.05, 3.63) is 22.7 Å². The van der Waals surface area contributed by atoms with Gasteiger partial charge in [0, 0.05) is 34.2 Å². The van der Waals surface area contributed by atoms with Gasteiger partial charge in [0.25, 0.3) is 5.91 Å². The predicted octanol–water partition coefficient (Wildman–Crippen LogP) is 3.42. The van der Waals surface area contributed by atoms with Crippen molar-refractivity contribution in [2.24, 2.45) is 0 Å². The number of nitrogens with one attached hydrogen (secondary N) is 1. The number of nitrogens with zero attached hydrogens (tertiary/aromatic N) is 4. The van der Waals surface area contributed by atoms with Crippen LogP contribution in [0.3, 0.4) is 0 Å². The Morgan fingerprint density at radius 2 is 1.96 bits per heavy atom. The molecule has 1 saturated carbocycles. The second-order valence-electron chi connectivity index (χ2n) is 7.47. The number of rotatable bonds is 7. The maximum absolute atomic E-state index is 12.6. The first-order chi connectivity index (χ1) is 13.3. The molecule has 0 aliphatic heterocycles. The first-order valence-corrected chi connectivity index (χ1v) is 10.8. The van der Waals surface area contributed by atoms with E-state index in [4.69, 9.17) is 5.10 Å². The topological polar surface area (TPSA) is 70.5 Å². The van der Waals surface area contributed by atoms with Crippen molar-refractivity contribution in [1.82, 2.24) is 24.9 Å². The number of aromatic nitrogens is 2. The highest BCUT2D eigenvalue weighted by Gasteiger charge is 2.21. The number of hydrogen-bond acceptors (Lipinski definition) is 4. The maximum Gasteiger partial charge on any atom is 0.319 e. The molecular weight excluding hydrogens is 374 g/mol. The largest absolute Gasteiger partial charge is 0.350 e. The monoisotopic (exact) mass is 407 g/mol. The molecule has 1 heterocycles. The third-order valence-corrected chi connectivity index (χ3v) is 6.04. The maximum atomic E-state index is 12.6. The zero-order chi connectivity index (χ0) is 20.7. The number of urea groups is 1. The van der Waals surface area contributed by atoms with Crippen molar-refractivity contribution >= 4 is 23.7 Å². The summed E-state index contributed by atoms with van der Waals surface area (Å²) >= 11 is 1.47. The van der Waals surface area contributed by atoms with Gasteiger partial charge >= 0.3 is 6.03 Å². The average molecular weight is 408 g/mol. The smallest absolute Gasteiger partial charge is 0.319 e. The number of likely N-dealkylation sites (N-methyl/N-ethyl adjacent to an activating group) is 1. The van der Waals surface area contributed by atoms with E-state index in [1.807, 2.05) is 19.9 Å². The molecule has 28 heavy (non-hydrogen) atoms. The fourth-order valence-corrected chi connectivity index (χ4v) is 4.39. The number of hydrogen-bond donors (Lipinski definition) is 1. The molecule has 1 aliphatic carbocycles. The number of amides is 3. The van der Waals surface area contributed by atoms with Crippen LogP contribution in [0.2, 0.25) is 0 Å². The molecule has 1 aromatic rings. The number of carbonyl (C=O) groups is 2. The van der Waals surface area contributed by atoms with Crippen molar-refractivity contribution in [3.63, 3.8) is 0 Å². The molecule has 0 saturated heterocycles. The van der Waals surface area contributed by atoms with E-state index in [-0.39, 0.29) is 11.9 Å². The molecule has 0 spiro atoms. The molecule has 0 bridgehead atoms. The van der Waals surface area contributed by atoms with Gasteiger partial charge in [0.1, 0.15) is 0 Å². The summed E-state index contributed by atoms with van der Waals surface area (Å²) in [5.41, 5.74) is 0.979. The Kier molecular flexibility index (Phi) is 8.41. The lowest BCUT2D eigenvalue weighted by Crippen LogP contribution is -2.41. The standard InChI is InChI=1S/C20H33N5O2S/c1-6-17(19(26)21-12-13-24(5)20(27)23(3)4)28-18-14-15(2)22-25(18)16-10-8-7-9-11-16/h6,14,16H,7-13H2,1-5H3,(H,21,26)/b17-6-. The highest BCUT2D eigenvalue weighted by Crippen LogP contribution is 2.34. The normalized spacial score (nSPS) is 15.4. The Morgan fingerprint density at radius 3 is 2.57 bits per heavy atom. The third kappa shape index (κ3) is 6.02. The van der Waals surface area contributed by atoms with Gasteiger partial charge in [-0.1, -0.05) is 37.1 Å². The van der Waals surface area contributed by atoms with E-state index >= 15 is 0 Å². The summed E-state index contributed by atoms with van der Waals surface area (Å²) in [6, 6.07) is 2.40. The lowest BCUT2D eigenvalue weighted by Gasteiger charge is -2.24. The predicted molar refractivity (Wildman–Crippen MR) is 113 cm³/mol. The molecule has 1 aromatic heterocycles. The van der Waals surface area contributed by atoms with Crippen molar-refractivity contribution in [3.8, 4) is 0 Å². The quantitative estimate of drug-likeness (QED) is 0.555. The molecule has 0 aromatic carbocycles. The molecule has 7 nitrogen and oxygen atoms in total. The molecule has 8 heteroatoms. The molecular formula is C20H33N5O2S. The minimum Gasteiger partial charge on any atom is -0.350 e. The second-order valence-corrected chi connectivity index (χ2v) is 8.53. The van der Waals surface area contributed by atoms with Crippen LogP contribution in [0.25, 0.3) is 0 Å². The van der Waals surface area contributed by atoms with Gasteiger partial charge < -0.3 is 15.1 Å². The Morgan fingerprint density at radius 1 is 1.29 bits per heavy atom. The molecule has 156 valence electrons. The van der Waals surface area contributed by atoms with E-state index in [0.29, 0.717) is 24.0 Å². The van der Waals surface area contributed by atoms with Crippen LogP contribution in [-0.2, 0) is 4.79 Å². The molecule has 1 aliphatic rings. The van der Waals surface area contributed by atoms with Crippen LogP contribution in [0.15, 0.2) is 22.1 Å². The van der Waals surface area contributed by atoms with Crippen LogP contribution in [0, 0.1) is 6.92 Å². The summed E-state index contributed by atoms with van der Waals surface area (Å²) < 4.78 is 2.11. The van der Waals surface area contributed by atoms with Crippen LogP contribution in [-0.4, -0.2) is 65.8 Å². The Hall–Kier alpha value is -1.96. The van der Waals surface area contributed by atoms with Crippen molar-refractivity contribution in [2.75, 3.05) is 34.2 Å². The van der Waals surface area contributed by atoms with Gasteiger partial charge in [-0.25, -0.2) is 4.79 Å². The first-order valence-electron chi connectivity index (χ1n) is 9.94. The summed E-state index contributed by atoms with van der Waals surface area (Å²) in [5, 5.41) is 8.63. The lowest BCUT2D eigenvalue weighted by molar-refractivity contribution is -0.116. The van der Waals surface area contributed by atoms with E-state index in [9.17, 15) is 9.59 Å². The van der Waals surface area contributed by atoms with E-state index in [2.05, 4.69) is 16.1 Å². The Labute approximate surface area is 172 Å². The highest BCUT2D eigenvalue weighted by molar-refractivity contribution is 8.04. The molecule has 0 unspecified atom stereocenters. The van der Waals surface area contributed by atoms with Crippen molar-refractivity contribution in [2.45, 2.75) is 57.0 Å². The number of carbonyl (C=O) groups excluding carboxylic acids is 2. The van der Waals surface area contributed by atoms with E-state index < -0.39 is 0 Å². The van der Waals surface area contributed by atoms with Crippen LogP contribution in [0.4, 0.5) is 4.79 Å². The van der Waals surface area contributed by atoms with Crippen molar-refractivity contribution in [1.29, 1.82) is 0 Å². The zero-order valence-electron chi connectivity index (χ0n) is 17.7. The number of thioether (sulfide) groups is 1. The van der Waals surface area contributed by atoms with Gasteiger partial charge in [0.2, 0.25) is 0 Å². The van der Waals surface area contributed by atoms with Gasteiger partial charge in [-0.05, 0) is 32.8 Å². The molecule has 0 radical (unpaired) electrons. The van der Waals surface area contributed by atoms with Gasteiger partial charge in [0.15, 0.2) is 0 Å². The molecule has 3 amide bonds. The summed E-state index contributed by atoms with van der Waals surface area (Å²) in [4.78, 5) is 28.2. The van der Waals surface area contributed by atoms with Crippen LogP contribution in [0.1, 0.15) is 50.8 Å².